The van der Waals surface area contributed by atoms with Gasteiger partial charge in [0, 0.05) is 11.1 Å². The number of halogens is 3. The van der Waals surface area contributed by atoms with Gasteiger partial charge in [0.15, 0.2) is 5.82 Å². The number of aromatic amines is 1. The van der Waals surface area contributed by atoms with Crippen molar-refractivity contribution in [3.63, 3.8) is 0 Å². The minimum absolute atomic E-state index is 0.00418. The number of hydrogen-bond acceptors (Lipinski definition) is 8. The molecule has 0 saturated carbocycles. The molecule has 1 aromatic carbocycles. The molecule has 0 radical (unpaired) electrons. The maximum absolute atomic E-state index is 15.1. The maximum Gasteiger partial charge on any atom is 0.298 e. The second kappa shape index (κ2) is 10.1. The standard InChI is InChI=1S/C24H25F3N4O5S/c1-3-18(14-5-4-6-17(19(14)25)24(26,27)12-32)28-21-16-11-15(13-7-9-37(34,35)10-8-13)23(36-2)29-20(16)22(33)31-30-21/h3-6,11,13,18,32H,1,7-10,12H2,2H3,(H,28,30)(H,31,33)/t18-/m1/s1. The Labute approximate surface area is 210 Å². The van der Waals surface area contributed by atoms with Crippen molar-refractivity contribution in [2.45, 2.75) is 30.7 Å². The lowest BCUT2D eigenvalue weighted by Gasteiger charge is -2.24. The molecule has 0 aliphatic carbocycles. The Balaban J connectivity index is 1.79. The topological polar surface area (TPSA) is 134 Å². The van der Waals surface area contributed by atoms with E-state index in [0.717, 1.165) is 6.07 Å². The van der Waals surface area contributed by atoms with Crippen molar-refractivity contribution in [1.29, 1.82) is 0 Å². The number of aromatic nitrogens is 3. The van der Waals surface area contributed by atoms with Crippen molar-refractivity contribution >= 4 is 26.6 Å². The Bertz CT molecular complexity index is 1500. The Morgan fingerprint density at radius 2 is 2.05 bits per heavy atom. The predicted octanol–water partition coefficient (Wildman–Crippen LogP) is 3.18. The molecule has 13 heteroatoms. The summed E-state index contributed by atoms with van der Waals surface area (Å²) in [6, 6.07) is 3.97. The van der Waals surface area contributed by atoms with Crippen LogP contribution in [0, 0.1) is 5.82 Å². The van der Waals surface area contributed by atoms with Crippen molar-refractivity contribution in [1.82, 2.24) is 15.2 Å². The number of H-pyrrole nitrogens is 1. The molecule has 37 heavy (non-hydrogen) atoms. The van der Waals surface area contributed by atoms with Gasteiger partial charge in [0.25, 0.3) is 11.5 Å². The molecule has 0 unspecified atom stereocenters. The van der Waals surface area contributed by atoms with Gasteiger partial charge >= 0.3 is 0 Å². The van der Waals surface area contributed by atoms with Crippen LogP contribution < -0.4 is 15.6 Å². The van der Waals surface area contributed by atoms with Crippen LogP contribution in [0.3, 0.4) is 0 Å². The molecule has 1 saturated heterocycles. The van der Waals surface area contributed by atoms with E-state index < -0.39 is 45.3 Å². The number of aliphatic hydroxyl groups is 1. The molecule has 1 aliphatic heterocycles. The van der Waals surface area contributed by atoms with E-state index in [9.17, 15) is 22.0 Å². The molecule has 3 aromatic rings. The number of nitrogens with one attached hydrogen (secondary N) is 2. The van der Waals surface area contributed by atoms with E-state index in [0.29, 0.717) is 18.4 Å². The van der Waals surface area contributed by atoms with Crippen molar-refractivity contribution < 1.29 is 31.4 Å². The number of pyridine rings is 1. The van der Waals surface area contributed by atoms with Crippen LogP contribution in [0.5, 0.6) is 5.88 Å². The highest BCUT2D eigenvalue weighted by molar-refractivity contribution is 7.91. The molecule has 198 valence electrons. The number of aliphatic hydroxyl groups excluding tert-OH is 1. The largest absolute Gasteiger partial charge is 0.481 e. The number of alkyl halides is 2. The van der Waals surface area contributed by atoms with Gasteiger partial charge in [-0.3, -0.25) is 4.79 Å². The van der Waals surface area contributed by atoms with Gasteiger partial charge in [0.1, 0.15) is 27.8 Å². The van der Waals surface area contributed by atoms with Crippen LogP contribution in [0.2, 0.25) is 0 Å². The Hall–Kier alpha value is -3.45. The monoisotopic (exact) mass is 538 g/mol. The maximum atomic E-state index is 15.1. The van der Waals surface area contributed by atoms with Gasteiger partial charge in [0.2, 0.25) is 5.88 Å². The van der Waals surface area contributed by atoms with Gasteiger partial charge in [-0.2, -0.15) is 13.9 Å². The molecule has 3 N–H and O–H groups in total. The lowest BCUT2D eigenvalue weighted by atomic mass is 9.93. The van der Waals surface area contributed by atoms with Gasteiger partial charge in [-0.15, -0.1) is 6.58 Å². The minimum atomic E-state index is -3.79. The summed E-state index contributed by atoms with van der Waals surface area (Å²) >= 11 is 0. The lowest BCUT2D eigenvalue weighted by Crippen LogP contribution is -2.23. The van der Waals surface area contributed by atoms with E-state index in [2.05, 4.69) is 27.1 Å². The molecular weight excluding hydrogens is 513 g/mol. The number of benzene rings is 1. The molecule has 9 nitrogen and oxygen atoms in total. The van der Waals surface area contributed by atoms with E-state index in [1.165, 1.54) is 25.3 Å². The quantitative estimate of drug-likeness (QED) is 0.373. The molecule has 1 aliphatic rings. The molecule has 0 amide bonds. The van der Waals surface area contributed by atoms with Gasteiger partial charge in [-0.25, -0.2) is 22.9 Å². The van der Waals surface area contributed by atoms with Gasteiger partial charge < -0.3 is 15.2 Å². The first-order valence-electron chi connectivity index (χ1n) is 11.4. The van der Waals surface area contributed by atoms with Crippen molar-refractivity contribution in [3.05, 3.63) is 69.8 Å². The summed E-state index contributed by atoms with van der Waals surface area (Å²) in [7, 11) is -1.74. The van der Waals surface area contributed by atoms with Gasteiger partial charge in [0.05, 0.1) is 35.6 Å². The Morgan fingerprint density at radius 3 is 2.68 bits per heavy atom. The van der Waals surface area contributed by atoms with Crippen LogP contribution in [0.25, 0.3) is 10.9 Å². The highest BCUT2D eigenvalue weighted by atomic mass is 32.2. The third-order valence-corrected chi connectivity index (χ3v) is 8.14. The summed E-state index contributed by atoms with van der Waals surface area (Å²) in [5.41, 5.74) is -1.22. The van der Waals surface area contributed by atoms with E-state index in [4.69, 9.17) is 9.84 Å². The van der Waals surface area contributed by atoms with E-state index in [1.807, 2.05) is 0 Å². The van der Waals surface area contributed by atoms with Crippen LogP contribution in [-0.2, 0) is 15.8 Å². The third-order valence-electron chi connectivity index (χ3n) is 6.43. The number of rotatable bonds is 8. The van der Waals surface area contributed by atoms with Crippen molar-refractivity contribution in [3.8, 4) is 5.88 Å². The second-order valence-electron chi connectivity index (χ2n) is 8.74. The number of methoxy groups -OCH3 is 1. The van der Waals surface area contributed by atoms with Crippen LogP contribution in [-0.4, -0.2) is 53.9 Å². The summed E-state index contributed by atoms with van der Waals surface area (Å²) in [6.45, 7) is 2.09. The first-order valence-corrected chi connectivity index (χ1v) is 13.2. The summed E-state index contributed by atoms with van der Waals surface area (Å²) in [4.78, 5) is 16.8. The van der Waals surface area contributed by atoms with Crippen LogP contribution in [0.1, 0.15) is 41.5 Å². The average Bonchev–Trinajstić information content (AvgIpc) is 2.88. The van der Waals surface area contributed by atoms with Crippen LogP contribution in [0.15, 0.2) is 41.7 Å². The first-order chi connectivity index (χ1) is 17.5. The van der Waals surface area contributed by atoms with E-state index in [-0.39, 0.29) is 45.6 Å². The molecule has 2 aromatic heterocycles. The summed E-state index contributed by atoms with van der Waals surface area (Å²) in [6.07, 6.45) is 1.97. The zero-order valence-corrected chi connectivity index (χ0v) is 20.6. The van der Waals surface area contributed by atoms with E-state index in [1.54, 1.807) is 6.07 Å². The first kappa shape index (κ1) is 26.6. The molecule has 4 rings (SSSR count). The number of hydrogen-bond donors (Lipinski definition) is 3. The Morgan fingerprint density at radius 1 is 1.35 bits per heavy atom. The number of anilines is 1. The molecule has 1 fully saturated rings. The highest BCUT2D eigenvalue weighted by Crippen LogP contribution is 2.38. The number of fused-ring (bicyclic) bond motifs is 1. The number of ether oxygens (including phenoxy) is 1. The third kappa shape index (κ3) is 5.18. The highest BCUT2D eigenvalue weighted by Gasteiger charge is 2.35. The number of nitrogens with zero attached hydrogens (tertiary/aromatic N) is 2. The summed E-state index contributed by atoms with van der Waals surface area (Å²) in [5.74, 6) is -4.97. The average molecular weight is 539 g/mol. The minimum Gasteiger partial charge on any atom is -0.481 e. The number of sulfone groups is 1. The van der Waals surface area contributed by atoms with E-state index >= 15 is 4.39 Å². The Kier molecular flexibility index (Phi) is 7.29. The van der Waals surface area contributed by atoms with Crippen LogP contribution in [0.4, 0.5) is 19.0 Å². The fraction of sp³-hybridized carbons (Fsp3) is 0.375. The molecular formula is C24H25F3N4O5S. The smallest absolute Gasteiger partial charge is 0.298 e. The summed E-state index contributed by atoms with van der Waals surface area (Å²) < 4.78 is 72.4. The molecule has 1 atom stereocenters. The zero-order chi connectivity index (χ0) is 27.0. The molecule has 0 bridgehead atoms. The normalized spacial score (nSPS) is 16.9. The van der Waals surface area contributed by atoms with Gasteiger partial charge in [-0.05, 0) is 30.9 Å². The fourth-order valence-electron chi connectivity index (χ4n) is 4.42. The van der Waals surface area contributed by atoms with Crippen molar-refractivity contribution in [2.75, 3.05) is 30.5 Å². The lowest BCUT2D eigenvalue weighted by molar-refractivity contribution is -0.0583. The SMILES string of the molecule is C=C[C@@H](Nc1n[nH]c(=O)c2nc(OC)c(C3CCS(=O)(=O)CC3)cc12)c1cccc(C(F)(F)CO)c1F. The molecule has 3 heterocycles. The predicted molar refractivity (Wildman–Crippen MR) is 131 cm³/mol. The zero-order valence-electron chi connectivity index (χ0n) is 19.8. The second-order valence-corrected chi connectivity index (χ2v) is 11.0. The van der Waals surface area contributed by atoms with Gasteiger partial charge in [-0.1, -0.05) is 18.2 Å². The molecule has 0 spiro atoms. The van der Waals surface area contributed by atoms with Crippen LogP contribution >= 0.6 is 0 Å². The fourth-order valence-corrected chi connectivity index (χ4v) is 5.91. The van der Waals surface area contributed by atoms with Crippen molar-refractivity contribution in [2.24, 2.45) is 0 Å². The summed E-state index contributed by atoms with van der Waals surface area (Å²) in [5, 5.41) is 18.5.